The molecule has 0 saturated carbocycles. The Morgan fingerprint density at radius 1 is 1.22 bits per heavy atom. The number of benzene rings is 1. The van der Waals surface area contributed by atoms with Crippen LogP contribution in [0, 0.1) is 6.92 Å². The van der Waals surface area contributed by atoms with Crippen LogP contribution >= 0.6 is 11.3 Å². The molecule has 0 fully saturated rings. The molecule has 0 unspecified atom stereocenters. The highest BCUT2D eigenvalue weighted by molar-refractivity contribution is 7.89. The second-order valence-electron chi connectivity index (χ2n) is 7.45. The predicted octanol–water partition coefficient (Wildman–Crippen LogP) is 3.99. The largest absolute Gasteiger partial charge is 0.322 e. The minimum absolute atomic E-state index is 0.112. The van der Waals surface area contributed by atoms with Crippen molar-refractivity contribution in [3.05, 3.63) is 59.1 Å². The Morgan fingerprint density at radius 3 is 2.66 bits per heavy atom. The van der Waals surface area contributed by atoms with Crippen LogP contribution in [-0.4, -0.2) is 47.5 Å². The van der Waals surface area contributed by atoms with E-state index in [1.165, 1.54) is 37.6 Å². The summed E-state index contributed by atoms with van der Waals surface area (Å²) in [5, 5.41) is 9.84. The zero-order chi connectivity index (χ0) is 23.0. The molecular weight excluding hydrogens is 446 g/mol. The van der Waals surface area contributed by atoms with E-state index in [2.05, 4.69) is 10.4 Å². The molecule has 0 spiro atoms. The molecule has 1 aromatic carbocycles. The Labute approximate surface area is 190 Å². The first-order valence-corrected chi connectivity index (χ1v) is 12.3. The molecule has 0 aliphatic rings. The van der Waals surface area contributed by atoms with Gasteiger partial charge in [0.25, 0.3) is 5.91 Å². The highest BCUT2D eigenvalue weighted by Crippen LogP contribution is 2.29. The number of thiophene rings is 1. The molecule has 166 valence electrons. The van der Waals surface area contributed by atoms with Gasteiger partial charge in [-0.15, -0.1) is 11.3 Å². The molecule has 0 atom stereocenters. The van der Waals surface area contributed by atoms with Crippen molar-refractivity contribution in [2.75, 3.05) is 19.4 Å². The zero-order valence-corrected chi connectivity index (χ0v) is 19.8. The van der Waals surface area contributed by atoms with Crippen LogP contribution in [0.5, 0.6) is 0 Å². The average molecular weight is 470 g/mol. The number of sulfonamides is 1. The number of carbonyl (C=O) groups excluding carboxylic acids is 1. The predicted molar refractivity (Wildman–Crippen MR) is 127 cm³/mol. The maximum Gasteiger partial charge on any atom is 0.256 e. The third-order valence-electron chi connectivity index (χ3n) is 5.16. The second-order valence-corrected chi connectivity index (χ2v) is 10.5. The quantitative estimate of drug-likeness (QED) is 0.461. The van der Waals surface area contributed by atoms with Crippen molar-refractivity contribution in [1.29, 1.82) is 0 Å². The highest BCUT2D eigenvalue weighted by atomic mass is 32.2. The number of pyridine rings is 1. The summed E-state index contributed by atoms with van der Waals surface area (Å²) in [7, 11) is -0.686. The van der Waals surface area contributed by atoms with Crippen molar-refractivity contribution in [3.63, 3.8) is 0 Å². The van der Waals surface area contributed by atoms with E-state index in [1.807, 2.05) is 31.4 Å². The van der Waals surface area contributed by atoms with Gasteiger partial charge in [0.15, 0.2) is 5.65 Å². The summed E-state index contributed by atoms with van der Waals surface area (Å²) in [4.78, 5) is 19.1. The van der Waals surface area contributed by atoms with Gasteiger partial charge in [0.1, 0.15) is 0 Å². The minimum Gasteiger partial charge on any atom is -0.322 e. The molecule has 1 N–H and O–H groups in total. The third kappa shape index (κ3) is 3.92. The molecule has 0 radical (unpaired) electrons. The molecule has 8 nitrogen and oxygen atoms in total. The minimum atomic E-state index is -3.63. The van der Waals surface area contributed by atoms with Crippen molar-refractivity contribution >= 4 is 44.0 Å². The number of aryl methyl sites for hydroxylation is 2. The van der Waals surface area contributed by atoms with Crippen LogP contribution in [-0.2, 0) is 16.6 Å². The standard InChI is InChI=1S/C22H23N5O3S2/c1-5-27-21-17(13-23-27)16(12-19(24-21)20-7-6-10-31-20)22(28)25-18-11-15(9-8-14(18)2)32(29,30)26(3)4/h6-13H,5H2,1-4H3,(H,25,28). The average Bonchev–Trinajstić information content (AvgIpc) is 3.44. The molecule has 4 aromatic rings. The molecule has 32 heavy (non-hydrogen) atoms. The first-order chi connectivity index (χ1) is 15.2. The van der Waals surface area contributed by atoms with Crippen LogP contribution in [0.1, 0.15) is 22.8 Å². The topological polar surface area (TPSA) is 97.2 Å². The van der Waals surface area contributed by atoms with Crippen molar-refractivity contribution in [1.82, 2.24) is 19.1 Å². The van der Waals surface area contributed by atoms with E-state index in [4.69, 9.17) is 4.98 Å². The van der Waals surface area contributed by atoms with Gasteiger partial charge >= 0.3 is 0 Å². The summed E-state index contributed by atoms with van der Waals surface area (Å²) >= 11 is 1.54. The molecular formula is C22H23N5O3S2. The van der Waals surface area contributed by atoms with Crippen LogP contribution in [0.25, 0.3) is 21.6 Å². The number of nitrogens with zero attached hydrogens (tertiary/aromatic N) is 4. The Balaban J connectivity index is 1.79. The van der Waals surface area contributed by atoms with Gasteiger partial charge in [-0.1, -0.05) is 12.1 Å². The summed E-state index contributed by atoms with van der Waals surface area (Å²) < 4.78 is 28.0. The molecule has 3 aromatic heterocycles. The summed E-state index contributed by atoms with van der Waals surface area (Å²) in [5.74, 6) is -0.353. The summed E-state index contributed by atoms with van der Waals surface area (Å²) in [5.41, 5.74) is 2.93. The fraction of sp³-hybridized carbons (Fsp3) is 0.227. The lowest BCUT2D eigenvalue weighted by Crippen LogP contribution is -2.22. The maximum absolute atomic E-state index is 13.4. The van der Waals surface area contributed by atoms with Crippen molar-refractivity contribution in [3.8, 4) is 10.6 Å². The van der Waals surface area contributed by atoms with Gasteiger partial charge in [0, 0.05) is 26.3 Å². The van der Waals surface area contributed by atoms with Gasteiger partial charge in [0.05, 0.1) is 32.6 Å². The lowest BCUT2D eigenvalue weighted by atomic mass is 10.1. The monoisotopic (exact) mass is 469 g/mol. The van der Waals surface area contributed by atoms with Crippen molar-refractivity contribution in [2.45, 2.75) is 25.3 Å². The Hall–Kier alpha value is -3.08. The summed E-state index contributed by atoms with van der Waals surface area (Å²) in [6, 6.07) is 10.3. The number of carbonyl (C=O) groups is 1. The van der Waals surface area contributed by atoms with Crippen molar-refractivity contribution < 1.29 is 13.2 Å². The molecule has 0 aliphatic heterocycles. The van der Waals surface area contributed by atoms with Crippen LogP contribution in [0.3, 0.4) is 0 Å². The highest BCUT2D eigenvalue weighted by Gasteiger charge is 2.21. The number of fused-ring (bicyclic) bond motifs is 1. The van der Waals surface area contributed by atoms with Gasteiger partial charge in [-0.2, -0.15) is 5.10 Å². The van der Waals surface area contributed by atoms with Gasteiger partial charge in [-0.3, -0.25) is 4.79 Å². The third-order valence-corrected chi connectivity index (χ3v) is 7.87. The molecule has 0 saturated heterocycles. The van der Waals surface area contributed by atoms with E-state index in [0.717, 1.165) is 14.7 Å². The summed E-state index contributed by atoms with van der Waals surface area (Å²) in [6.45, 7) is 4.40. The van der Waals surface area contributed by atoms with E-state index >= 15 is 0 Å². The Kier molecular flexibility index (Phi) is 5.85. The Morgan fingerprint density at radius 2 is 2.00 bits per heavy atom. The molecule has 0 bridgehead atoms. The fourth-order valence-electron chi connectivity index (χ4n) is 3.31. The van der Waals surface area contributed by atoms with E-state index in [-0.39, 0.29) is 10.8 Å². The van der Waals surface area contributed by atoms with Crippen LogP contribution in [0.2, 0.25) is 0 Å². The number of rotatable bonds is 6. The number of amides is 1. The van der Waals surface area contributed by atoms with Crippen LogP contribution < -0.4 is 5.32 Å². The molecule has 4 rings (SSSR count). The fourth-order valence-corrected chi connectivity index (χ4v) is 4.93. The number of nitrogens with one attached hydrogen (secondary N) is 1. The number of aromatic nitrogens is 3. The second kappa shape index (κ2) is 8.45. The molecule has 1 amide bonds. The van der Waals surface area contributed by atoms with Gasteiger partial charge in [-0.25, -0.2) is 22.4 Å². The van der Waals surface area contributed by atoms with Gasteiger partial charge < -0.3 is 5.32 Å². The maximum atomic E-state index is 13.4. The number of hydrogen-bond donors (Lipinski definition) is 1. The normalized spacial score (nSPS) is 11.9. The summed E-state index contributed by atoms with van der Waals surface area (Å²) in [6.07, 6.45) is 1.64. The van der Waals surface area contributed by atoms with E-state index in [0.29, 0.717) is 34.5 Å². The smallest absolute Gasteiger partial charge is 0.256 e. The van der Waals surface area contributed by atoms with Crippen molar-refractivity contribution in [2.24, 2.45) is 0 Å². The lowest BCUT2D eigenvalue weighted by molar-refractivity contribution is 0.102. The van der Waals surface area contributed by atoms with Crippen LogP contribution in [0.15, 0.2) is 52.9 Å². The zero-order valence-electron chi connectivity index (χ0n) is 18.2. The van der Waals surface area contributed by atoms with E-state index in [9.17, 15) is 13.2 Å². The number of anilines is 1. The molecule has 10 heteroatoms. The molecule has 0 aliphatic carbocycles. The lowest BCUT2D eigenvalue weighted by Gasteiger charge is -2.15. The number of hydrogen-bond acceptors (Lipinski definition) is 6. The SMILES string of the molecule is CCn1ncc2c(C(=O)Nc3cc(S(=O)(=O)N(C)C)ccc3C)cc(-c3cccs3)nc21. The molecule has 3 heterocycles. The van der Waals surface area contributed by atoms with Gasteiger partial charge in [-0.05, 0) is 49.1 Å². The Bertz CT molecular complexity index is 1410. The van der Waals surface area contributed by atoms with E-state index < -0.39 is 10.0 Å². The first kappa shape index (κ1) is 22.1. The van der Waals surface area contributed by atoms with E-state index in [1.54, 1.807) is 23.0 Å². The van der Waals surface area contributed by atoms with Gasteiger partial charge in [0.2, 0.25) is 10.0 Å². The first-order valence-electron chi connectivity index (χ1n) is 9.97. The van der Waals surface area contributed by atoms with Crippen LogP contribution in [0.4, 0.5) is 5.69 Å².